The highest BCUT2D eigenvalue weighted by molar-refractivity contribution is 6.76. The summed E-state index contributed by atoms with van der Waals surface area (Å²) in [6.07, 6.45) is 4.05. The van der Waals surface area contributed by atoms with E-state index in [9.17, 15) is 0 Å². The van der Waals surface area contributed by atoms with Gasteiger partial charge in [-0.1, -0.05) is 36.3 Å². The van der Waals surface area contributed by atoms with Crippen molar-refractivity contribution in [2.75, 3.05) is 17.1 Å². The molecule has 2 rings (SSSR count). The van der Waals surface area contributed by atoms with Crippen LogP contribution in [-0.4, -0.2) is 19.2 Å². The van der Waals surface area contributed by atoms with Crippen molar-refractivity contribution >= 4 is 30.2 Å². The largest absolute Gasteiger partial charge is 0.406 e. The number of hydrogen-bond acceptors (Lipinski definition) is 1. The minimum Gasteiger partial charge on any atom is -0.406 e. The molecule has 0 unspecified atom stereocenters. The SMILES string of the molecule is C=CCN1B(CCl)C=Cc2ccccc21. The Morgan fingerprint density at radius 3 is 2.93 bits per heavy atom. The van der Waals surface area contributed by atoms with E-state index in [4.69, 9.17) is 11.6 Å². The zero-order chi connectivity index (χ0) is 10.7. The van der Waals surface area contributed by atoms with Gasteiger partial charge in [-0.25, -0.2) is 0 Å². The normalized spacial score (nSPS) is 13.9. The molecule has 3 heteroatoms. The van der Waals surface area contributed by atoms with Gasteiger partial charge in [0.05, 0.1) is 0 Å². The fourth-order valence-corrected chi connectivity index (χ4v) is 2.16. The van der Waals surface area contributed by atoms with E-state index >= 15 is 0 Å². The van der Waals surface area contributed by atoms with Crippen molar-refractivity contribution in [1.82, 2.24) is 0 Å². The maximum absolute atomic E-state index is 5.95. The minimum absolute atomic E-state index is 0.277. The maximum Gasteiger partial charge on any atom is 0.296 e. The van der Waals surface area contributed by atoms with Crippen molar-refractivity contribution < 1.29 is 0 Å². The van der Waals surface area contributed by atoms with Crippen molar-refractivity contribution in [3.05, 3.63) is 48.5 Å². The predicted molar refractivity (Wildman–Crippen MR) is 69.5 cm³/mol. The van der Waals surface area contributed by atoms with E-state index in [0.29, 0.717) is 5.78 Å². The maximum atomic E-state index is 5.95. The zero-order valence-corrected chi connectivity index (χ0v) is 9.32. The van der Waals surface area contributed by atoms with Gasteiger partial charge in [-0.05, 0) is 11.6 Å². The molecule has 0 saturated heterocycles. The van der Waals surface area contributed by atoms with Crippen molar-refractivity contribution in [2.24, 2.45) is 0 Å². The fraction of sp³-hybridized carbons (Fsp3) is 0.167. The smallest absolute Gasteiger partial charge is 0.296 e. The monoisotopic (exact) mass is 217 g/mol. The molecule has 0 atom stereocenters. The van der Waals surface area contributed by atoms with Gasteiger partial charge in [-0.15, -0.1) is 18.2 Å². The average molecular weight is 218 g/mol. The molecule has 1 aliphatic heterocycles. The van der Waals surface area contributed by atoms with Gasteiger partial charge < -0.3 is 4.81 Å². The van der Waals surface area contributed by atoms with E-state index in [-0.39, 0.29) is 6.85 Å². The Bertz CT molecular complexity index is 389. The average Bonchev–Trinajstić information content (AvgIpc) is 2.30. The number of halogens is 1. The first-order valence-corrected chi connectivity index (χ1v) is 5.61. The molecule has 1 aromatic carbocycles. The highest BCUT2D eigenvalue weighted by Crippen LogP contribution is 2.27. The summed E-state index contributed by atoms with van der Waals surface area (Å²) in [6, 6.07) is 8.35. The molecule has 1 nitrogen and oxygen atoms in total. The number of fused-ring (bicyclic) bond motifs is 1. The third-order valence-electron chi connectivity index (χ3n) is 2.63. The zero-order valence-electron chi connectivity index (χ0n) is 8.57. The standard InChI is InChI=1S/C12H13BClN/c1-2-9-15-12-6-4-3-5-11(12)7-8-13(15)10-14/h2-8H,1,9-10H2. The lowest BCUT2D eigenvalue weighted by Crippen LogP contribution is -2.42. The van der Waals surface area contributed by atoms with Crippen LogP contribution in [0.2, 0.25) is 0 Å². The van der Waals surface area contributed by atoms with Crippen LogP contribution in [0.25, 0.3) is 6.08 Å². The van der Waals surface area contributed by atoms with Gasteiger partial charge in [0, 0.05) is 18.0 Å². The summed E-state index contributed by atoms with van der Waals surface area (Å²) in [5.74, 6) is 2.76. The van der Waals surface area contributed by atoms with Crippen LogP contribution in [0.3, 0.4) is 0 Å². The lowest BCUT2D eigenvalue weighted by atomic mass is 9.60. The van der Waals surface area contributed by atoms with Gasteiger partial charge >= 0.3 is 0 Å². The Hall–Kier alpha value is -1.15. The Kier molecular flexibility index (Phi) is 3.17. The molecule has 0 N–H and O–H groups in total. The first kappa shape index (κ1) is 10.4. The second-order valence-corrected chi connectivity index (χ2v) is 3.89. The Labute approximate surface area is 96.1 Å². The molecule has 76 valence electrons. The van der Waals surface area contributed by atoms with Crippen molar-refractivity contribution in [3.8, 4) is 0 Å². The number of hydrogen-bond donors (Lipinski definition) is 0. The Balaban J connectivity index is 2.39. The third-order valence-corrected chi connectivity index (χ3v) is 2.94. The summed E-state index contributed by atoms with van der Waals surface area (Å²) in [5, 5.41) is 0. The molecule has 0 bridgehead atoms. The number of benzene rings is 1. The molecule has 1 aromatic rings. The molecule has 0 aromatic heterocycles. The fourth-order valence-electron chi connectivity index (χ4n) is 1.89. The Morgan fingerprint density at radius 1 is 1.40 bits per heavy atom. The number of alkyl halides is 1. The summed E-state index contributed by atoms with van der Waals surface area (Å²) in [7, 11) is 0. The van der Waals surface area contributed by atoms with Crippen molar-refractivity contribution in [2.45, 2.75) is 0 Å². The van der Waals surface area contributed by atoms with Gasteiger partial charge in [0.15, 0.2) is 0 Å². The van der Waals surface area contributed by atoms with Crippen LogP contribution in [0, 0.1) is 0 Å². The molecular weight excluding hydrogens is 204 g/mol. The summed E-state index contributed by atoms with van der Waals surface area (Å²) in [5.41, 5.74) is 2.49. The van der Waals surface area contributed by atoms with E-state index < -0.39 is 0 Å². The molecule has 0 fully saturated rings. The molecule has 0 radical (unpaired) electrons. The van der Waals surface area contributed by atoms with E-state index in [1.807, 2.05) is 6.08 Å². The number of rotatable bonds is 3. The molecule has 0 saturated carbocycles. The summed E-state index contributed by atoms with van der Waals surface area (Å²) in [4.78, 5) is 2.27. The summed E-state index contributed by atoms with van der Waals surface area (Å²) >= 11 is 5.95. The van der Waals surface area contributed by atoms with Gasteiger partial charge in [0.2, 0.25) is 0 Å². The lowest BCUT2D eigenvalue weighted by molar-refractivity contribution is 1.16. The minimum atomic E-state index is 0.277. The van der Waals surface area contributed by atoms with E-state index in [1.165, 1.54) is 11.3 Å². The molecule has 1 aliphatic rings. The molecule has 0 spiro atoms. The third kappa shape index (κ3) is 1.95. The predicted octanol–water partition coefficient (Wildman–Crippen LogP) is 3.01. The van der Waals surface area contributed by atoms with E-state index in [0.717, 1.165) is 6.54 Å². The number of anilines is 1. The highest BCUT2D eigenvalue weighted by atomic mass is 35.5. The van der Waals surface area contributed by atoms with Crippen LogP contribution >= 0.6 is 11.6 Å². The molecular formula is C12H13BClN. The van der Waals surface area contributed by atoms with Crippen LogP contribution < -0.4 is 4.81 Å². The van der Waals surface area contributed by atoms with Crippen molar-refractivity contribution in [3.63, 3.8) is 0 Å². The van der Waals surface area contributed by atoms with Crippen molar-refractivity contribution in [1.29, 1.82) is 0 Å². The van der Waals surface area contributed by atoms with Gasteiger partial charge in [-0.2, -0.15) is 0 Å². The Morgan fingerprint density at radius 2 is 2.20 bits per heavy atom. The molecule has 1 heterocycles. The van der Waals surface area contributed by atoms with Crippen LogP contribution in [0.5, 0.6) is 0 Å². The molecule has 15 heavy (non-hydrogen) atoms. The first-order valence-electron chi connectivity index (χ1n) is 5.07. The first-order chi connectivity index (χ1) is 7.36. The van der Waals surface area contributed by atoms with E-state index in [1.54, 1.807) is 0 Å². The topological polar surface area (TPSA) is 3.24 Å². The van der Waals surface area contributed by atoms with E-state index in [2.05, 4.69) is 47.7 Å². The number of para-hydroxylation sites is 1. The quantitative estimate of drug-likeness (QED) is 0.427. The number of nitrogens with zero attached hydrogens (tertiary/aromatic N) is 1. The second-order valence-electron chi connectivity index (χ2n) is 3.58. The summed E-state index contributed by atoms with van der Waals surface area (Å²) in [6.45, 7) is 4.90. The van der Waals surface area contributed by atoms with Crippen LogP contribution in [-0.2, 0) is 0 Å². The van der Waals surface area contributed by atoms with Crippen LogP contribution in [0.1, 0.15) is 5.56 Å². The molecule has 0 amide bonds. The van der Waals surface area contributed by atoms with Gasteiger partial charge in [0.1, 0.15) is 0 Å². The van der Waals surface area contributed by atoms with Crippen LogP contribution in [0.4, 0.5) is 5.69 Å². The van der Waals surface area contributed by atoms with Crippen LogP contribution in [0.15, 0.2) is 42.9 Å². The van der Waals surface area contributed by atoms with Gasteiger partial charge in [0.25, 0.3) is 6.85 Å². The second kappa shape index (κ2) is 4.58. The summed E-state index contributed by atoms with van der Waals surface area (Å²) < 4.78 is 0. The highest BCUT2D eigenvalue weighted by Gasteiger charge is 2.23. The van der Waals surface area contributed by atoms with Gasteiger partial charge in [-0.3, -0.25) is 0 Å². The molecule has 0 aliphatic carbocycles. The lowest BCUT2D eigenvalue weighted by Gasteiger charge is -2.32.